The normalized spacial score (nSPS) is 17.6. The molecule has 2 aliphatic rings. The van der Waals surface area contributed by atoms with E-state index in [1.165, 1.54) is 11.1 Å². The van der Waals surface area contributed by atoms with Crippen LogP contribution in [0, 0.1) is 0 Å². The van der Waals surface area contributed by atoms with Crippen LogP contribution in [-0.2, 0) is 6.61 Å². The molecular weight excluding hydrogens is 300 g/mol. The number of hydrogen-bond acceptors (Lipinski definition) is 4. The molecule has 4 heteroatoms. The van der Waals surface area contributed by atoms with Crippen molar-refractivity contribution in [3.8, 4) is 11.5 Å². The summed E-state index contributed by atoms with van der Waals surface area (Å²) in [5.41, 5.74) is 6.02. The van der Waals surface area contributed by atoms with Crippen molar-refractivity contribution in [3.63, 3.8) is 0 Å². The maximum absolute atomic E-state index is 6.08. The lowest BCUT2D eigenvalue weighted by molar-refractivity contribution is 0.306. The monoisotopic (exact) mass is 322 g/mol. The third kappa shape index (κ3) is 2.67. The Morgan fingerprint density at radius 2 is 2.00 bits per heavy atom. The fraction of sp³-hybridized carbons (Fsp3) is 0.350. The van der Waals surface area contributed by atoms with Crippen LogP contribution < -0.4 is 9.47 Å². The molecule has 0 amide bonds. The topological polar surface area (TPSA) is 34.6 Å². The van der Waals surface area contributed by atoms with Gasteiger partial charge in [0.1, 0.15) is 18.1 Å². The highest BCUT2D eigenvalue weighted by Crippen LogP contribution is 2.41. The molecule has 0 aliphatic carbocycles. The zero-order chi connectivity index (χ0) is 16.5. The molecule has 0 radical (unpaired) electrons. The summed E-state index contributed by atoms with van der Waals surface area (Å²) >= 11 is 0. The van der Waals surface area contributed by atoms with E-state index < -0.39 is 0 Å². The molecule has 2 aromatic rings. The first-order valence-electron chi connectivity index (χ1n) is 8.42. The first-order chi connectivity index (χ1) is 11.8. The molecule has 0 unspecified atom stereocenters. The van der Waals surface area contributed by atoms with Gasteiger partial charge in [0.15, 0.2) is 0 Å². The third-order valence-corrected chi connectivity index (χ3v) is 4.91. The lowest BCUT2D eigenvalue weighted by atomic mass is 9.89. The second-order valence-corrected chi connectivity index (χ2v) is 6.44. The van der Waals surface area contributed by atoms with Crippen LogP contribution in [0.5, 0.6) is 11.5 Å². The number of hydrogen-bond donors (Lipinski definition) is 0. The molecule has 0 N–H and O–H groups in total. The van der Waals surface area contributed by atoms with Gasteiger partial charge >= 0.3 is 0 Å². The Bertz CT molecular complexity index is 788. The second-order valence-electron chi connectivity index (χ2n) is 6.44. The molecule has 2 aliphatic heterocycles. The maximum Gasteiger partial charge on any atom is 0.127 e. The number of aromatic nitrogens is 1. The molecular formula is C20H22N2O2. The van der Waals surface area contributed by atoms with Crippen LogP contribution in [0.25, 0.3) is 5.57 Å². The van der Waals surface area contributed by atoms with Gasteiger partial charge in [0, 0.05) is 36.0 Å². The van der Waals surface area contributed by atoms with E-state index in [9.17, 15) is 0 Å². The van der Waals surface area contributed by atoms with Crippen LogP contribution in [0.2, 0.25) is 0 Å². The van der Waals surface area contributed by atoms with Gasteiger partial charge < -0.3 is 14.4 Å². The number of nitrogens with zero attached hydrogens (tertiary/aromatic N) is 2. The van der Waals surface area contributed by atoms with Gasteiger partial charge in [-0.05, 0) is 44.2 Å². The minimum absolute atomic E-state index is 0.555. The van der Waals surface area contributed by atoms with E-state index in [1.54, 1.807) is 7.11 Å². The van der Waals surface area contributed by atoms with Crippen molar-refractivity contribution < 1.29 is 9.47 Å². The minimum Gasteiger partial charge on any atom is -0.497 e. The smallest absolute Gasteiger partial charge is 0.127 e. The van der Waals surface area contributed by atoms with Crippen molar-refractivity contribution in [1.82, 2.24) is 9.88 Å². The van der Waals surface area contributed by atoms with Gasteiger partial charge in [0.25, 0.3) is 0 Å². The molecule has 0 bridgehead atoms. The summed E-state index contributed by atoms with van der Waals surface area (Å²) in [7, 11) is 3.88. The number of benzene rings is 1. The average Bonchev–Trinajstić information content (AvgIpc) is 2.79. The zero-order valence-electron chi connectivity index (χ0n) is 14.2. The van der Waals surface area contributed by atoms with Crippen LogP contribution in [0.4, 0.5) is 0 Å². The molecule has 3 heterocycles. The van der Waals surface area contributed by atoms with Gasteiger partial charge in [0.2, 0.25) is 0 Å². The molecule has 24 heavy (non-hydrogen) atoms. The Morgan fingerprint density at radius 1 is 1.17 bits per heavy atom. The van der Waals surface area contributed by atoms with Gasteiger partial charge in [-0.25, -0.2) is 0 Å². The highest BCUT2D eigenvalue weighted by molar-refractivity contribution is 5.86. The summed E-state index contributed by atoms with van der Waals surface area (Å²) in [5.74, 6) is 1.76. The summed E-state index contributed by atoms with van der Waals surface area (Å²) in [5, 5.41) is 0. The molecule has 0 saturated carbocycles. The van der Waals surface area contributed by atoms with Gasteiger partial charge in [-0.1, -0.05) is 11.6 Å². The highest BCUT2D eigenvalue weighted by atomic mass is 16.5. The van der Waals surface area contributed by atoms with Gasteiger partial charge in [-0.3, -0.25) is 4.98 Å². The van der Waals surface area contributed by atoms with E-state index in [-0.39, 0.29) is 0 Å². The Hall–Kier alpha value is -2.33. The lowest BCUT2D eigenvalue weighted by Gasteiger charge is -2.26. The quantitative estimate of drug-likeness (QED) is 0.805. The van der Waals surface area contributed by atoms with Crippen molar-refractivity contribution in [3.05, 3.63) is 58.9 Å². The van der Waals surface area contributed by atoms with Crippen LogP contribution >= 0.6 is 0 Å². The van der Waals surface area contributed by atoms with Crippen molar-refractivity contribution in [2.24, 2.45) is 0 Å². The Morgan fingerprint density at radius 3 is 2.79 bits per heavy atom. The number of piperidine rings is 1. The number of pyridine rings is 1. The lowest BCUT2D eigenvalue weighted by Crippen LogP contribution is -2.27. The van der Waals surface area contributed by atoms with Crippen molar-refractivity contribution in [2.45, 2.75) is 19.4 Å². The van der Waals surface area contributed by atoms with Crippen LogP contribution in [0.15, 0.2) is 42.1 Å². The van der Waals surface area contributed by atoms with Crippen LogP contribution in [-0.4, -0.2) is 37.1 Å². The molecule has 124 valence electrons. The Kier molecular flexibility index (Phi) is 3.98. The summed E-state index contributed by atoms with van der Waals surface area (Å²) in [6.07, 6.45) is 4.01. The van der Waals surface area contributed by atoms with E-state index in [4.69, 9.17) is 14.5 Å². The second kappa shape index (κ2) is 6.29. The highest BCUT2D eigenvalue weighted by Gasteiger charge is 2.25. The van der Waals surface area contributed by atoms with E-state index in [1.807, 2.05) is 24.4 Å². The molecule has 4 rings (SSSR count). The maximum atomic E-state index is 6.08. The first kappa shape index (κ1) is 15.2. The molecule has 0 atom stereocenters. The first-order valence-corrected chi connectivity index (χ1v) is 8.42. The molecule has 1 fully saturated rings. The number of fused-ring (bicyclic) bond motifs is 2. The van der Waals surface area contributed by atoms with Crippen LogP contribution in [0.3, 0.4) is 0 Å². The summed E-state index contributed by atoms with van der Waals surface area (Å²) < 4.78 is 11.5. The van der Waals surface area contributed by atoms with E-state index in [2.05, 4.69) is 24.1 Å². The van der Waals surface area contributed by atoms with Crippen LogP contribution in [0.1, 0.15) is 29.7 Å². The molecule has 1 aromatic carbocycles. The predicted molar refractivity (Wildman–Crippen MR) is 94.3 cm³/mol. The SMILES string of the molecule is COc1ccc2c(c1)C(=C1CCN(C)CC1)c1ncccc1CO2. The number of rotatable bonds is 1. The standard InChI is InChI=1S/C20H22N2O2/c1-22-10-7-14(8-11-22)19-17-12-16(23-2)5-6-18(17)24-13-15-4-3-9-21-20(15)19/h3-6,9,12H,7-8,10-11,13H2,1-2H3. The predicted octanol–water partition coefficient (Wildman–Crippen LogP) is 3.51. The largest absolute Gasteiger partial charge is 0.497 e. The fourth-order valence-electron chi connectivity index (χ4n) is 3.52. The van der Waals surface area contributed by atoms with Gasteiger partial charge in [0.05, 0.1) is 12.8 Å². The zero-order valence-corrected chi connectivity index (χ0v) is 14.2. The van der Waals surface area contributed by atoms with Crippen molar-refractivity contribution >= 4 is 5.57 Å². The number of likely N-dealkylation sites (tertiary alicyclic amines) is 1. The summed E-state index contributed by atoms with van der Waals surface area (Å²) in [6, 6.07) is 10.1. The Balaban J connectivity index is 1.94. The van der Waals surface area contributed by atoms with Gasteiger partial charge in [-0.15, -0.1) is 0 Å². The number of methoxy groups -OCH3 is 1. The Labute approximate surface area is 142 Å². The van der Waals surface area contributed by atoms with E-state index in [0.717, 1.165) is 54.3 Å². The molecule has 4 nitrogen and oxygen atoms in total. The van der Waals surface area contributed by atoms with Crippen molar-refractivity contribution in [2.75, 3.05) is 27.2 Å². The summed E-state index contributed by atoms with van der Waals surface area (Å²) in [4.78, 5) is 7.10. The van der Waals surface area contributed by atoms with E-state index in [0.29, 0.717) is 6.61 Å². The molecule has 1 saturated heterocycles. The van der Waals surface area contributed by atoms with E-state index >= 15 is 0 Å². The molecule has 1 aromatic heterocycles. The van der Waals surface area contributed by atoms with Gasteiger partial charge in [-0.2, -0.15) is 0 Å². The minimum atomic E-state index is 0.555. The summed E-state index contributed by atoms with van der Waals surface area (Å²) in [6.45, 7) is 2.72. The number of ether oxygens (including phenoxy) is 2. The van der Waals surface area contributed by atoms with Crippen molar-refractivity contribution in [1.29, 1.82) is 0 Å². The molecule has 0 spiro atoms. The third-order valence-electron chi connectivity index (χ3n) is 4.91. The average molecular weight is 322 g/mol. The fourth-order valence-corrected chi connectivity index (χ4v) is 3.52.